The van der Waals surface area contributed by atoms with E-state index in [9.17, 15) is 0 Å². The van der Waals surface area contributed by atoms with Crippen molar-refractivity contribution in [3.05, 3.63) is 24.2 Å². The molecule has 2 aromatic rings. The number of aromatic amines is 1. The summed E-state index contributed by atoms with van der Waals surface area (Å²) in [5.41, 5.74) is 6.81. The summed E-state index contributed by atoms with van der Waals surface area (Å²) < 4.78 is 10.9. The highest BCUT2D eigenvalue weighted by Gasteiger charge is 2.16. The van der Waals surface area contributed by atoms with E-state index in [4.69, 9.17) is 26.8 Å². The Balaban J connectivity index is 1.81. The maximum Gasteiger partial charge on any atom is 0.232 e. The van der Waals surface area contributed by atoms with E-state index >= 15 is 0 Å². The highest BCUT2D eigenvalue weighted by atomic mass is 35.5. The Kier molecular flexibility index (Phi) is 5.72. The minimum absolute atomic E-state index is 0.129. The Hall–Kier alpha value is -2.32. The van der Waals surface area contributed by atoms with Crippen molar-refractivity contribution in [2.45, 2.75) is 25.8 Å². The number of halogens is 1. The van der Waals surface area contributed by atoms with Gasteiger partial charge in [-0.3, -0.25) is 4.99 Å². The third-order valence-corrected chi connectivity index (χ3v) is 4.09. The molecule has 8 nitrogen and oxygen atoms in total. The van der Waals surface area contributed by atoms with Gasteiger partial charge in [-0.05, 0) is 25.8 Å². The summed E-state index contributed by atoms with van der Waals surface area (Å²) in [4.78, 5) is 16.3. The van der Waals surface area contributed by atoms with Gasteiger partial charge in [0.2, 0.25) is 11.8 Å². The normalized spacial score (nSPS) is 17.0. The number of nitrogens with zero attached hydrogens (tertiary/aromatic N) is 3. The zero-order chi connectivity index (χ0) is 17.6. The first-order valence-corrected chi connectivity index (χ1v) is 8.57. The Bertz CT molecular complexity index is 782. The molecule has 0 amide bonds. The number of nitrogens with one attached hydrogen (secondary N) is 2. The molecule has 0 saturated carbocycles. The van der Waals surface area contributed by atoms with Crippen LogP contribution in [0, 0.1) is 0 Å². The summed E-state index contributed by atoms with van der Waals surface area (Å²) in [6.45, 7) is 3.79. The first kappa shape index (κ1) is 17.5. The third-order valence-electron chi connectivity index (χ3n) is 3.78. The van der Waals surface area contributed by atoms with Gasteiger partial charge in [-0.2, -0.15) is 9.97 Å². The standard InChI is InChI=1S/C16H21ClN6O2/c1-2-25-15-11-3-6-19-14(11)22-16(23-15)21-12(9-18)13(17)20-10-4-7-24-8-5-10/h3,6,9-10H,2,4-5,7-8,18H2,1H3,(H2,19,21,22,23). The maximum atomic E-state index is 6.33. The fraction of sp³-hybridized carbons (Fsp3) is 0.438. The molecule has 1 aliphatic rings. The van der Waals surface area contributed by atoms with Crippen LogP contribution in [-0.4, -0.2) is 46.0 Å². The van der Waals surface area contributed by atoms with Crippen LogP contribution in [0.3, 0.4) is 0 Å². The average Bonchev–Trinajstić information content (AvgIpc) is 3.09. The van der Waals surface area contributed by atoms with Crippen molar-refractivity contribution in [2.24, 2.45) is 10.7 Å². The van der Waals surface area contributed by atoms with E-state index in [0.29, 0.717) is 48.2 Å². The van der Waals surface area contributed by atoms with Gasteiger partial charge in [-0.25, -0.2) is 0 Å². The van der Waals surface area contributed by atoms with Gasteiger partial charge < -0.3 is 25.5 Å². The molecule has 3 heterocycles. The van der Waals surface area contributed by atoms with E-state index < -0.39 is 0 Å². The number of allylic oxidation sites excluding steroid dienone is 1. The van der Waals surface area contributed by atoms with Crippen LogP contribution in [-0.2, 0) is 4.74 Å². The van der Waals surface area contributed by atoms with Crippen molar-refractivity contribution in [1.29, 1.82) is 0 Å². The van der Waals surface area contributed by atoms with Gasteiger partial charge >= 0.3 is 0 Å². The smallest absolute Gasteiger partial charge is 0.232 e. The second-order valence-electron chi connectivity index (χ2n) is 5.49. The fourth-order valence-corrected chi connectivity index (χ4v) is 2.79. The predicted octanol–water partition coefficient (Wildman–Crippen LogP) is 2.38. The van der Waals surface area contributed by atoms with Crippen molar-refractivity contribution >= 4 is 33.8 Å². The van der Waals surface area contributed by atoms with E-state index in [-0.39, 0.29) is 6.04 Å². The lowest BCUT2D eigenvalue weighted by molar-refractivity contribution is 0.0872. The second kappa shape index (κ2) is 8.17. The van der Waals surface area contributed by atoms with Crippen LogP contribution in [0.25, 0.3) is 11.0 Å². The maximum absolute atomic E-state index is 6.33. The van der Waals surface area contributed by atoms with E-state index in [0.717, 1.165) is 18.2 Å². The minimum atomic E-state index is 0.129. The lowest BCUT2D eigenvalue weighted by atomic mass is 10.1. The highest BCUT2D eigenvalue weighted by molar-refractivity contribution is 6.69. The van der Waals surface area contributed by atoms with Crippen molar-refractivity contribution in [3.8, 4) is 5.88 Å². The largest absolute Gasteiger partial charge is 0.477 e. The number of rotatable bonds is 6. The SMILES string of the molecule is CCOc1nc(NC(=CN)C(Cl)=NC2CCOCC2)nc2[nH]ccc12. The van der Waals surface area contributed by atoms with Crippen LogP contribution in [0.2, 0.25) is 0 Å². The molecular weight excluding hydrogens is 344 g/mol. The number of anilines is 1. The van der Waals surface area contributed by atoms with Crippen molar-refractivity contribution < 1.29 is 9.47 Å². The summed E-state index contributed by atoms with van der Waals surface area (Å²) in [5.74, 6) is 0.820. The van der Waals surface area contributed by atoms with Gasteiger partial charge in [0, 0.05) is 25.6 Å². The molecule has 1 fully saturated rings. The topological polar surface area (TPSA) is 110 Å². The molecule has 0 bridgehead atoms. The number of ether oxygens (including phenoxy) is 2. The molecule has 0 spiro atoms. The molecule has 0 unspecified atom stereocenters. The number of hydrogen-bond donors (Lipinski definition) is 3. The van der Waals surface area contributed by atoms with Crippen molar-refractivity contribution in [2.75, 3.05) is 25.1 Å². The van der Waals surface area contributed by atoms with E-state index in [2.05, 4.69) is 25.3 Å². The zero-order valence-corrected chi connectivity index (χ0v) is 14.7. The molecule has 25 heavy (non-hydrogen) atoms. The van der Waals surface area contributed by atoms with E-state index in [1.165, 1.54) is 6.20 Å². The van der Waals surface area contributed by atoms with Gasteiger partial charge in [-0.15, -0.1) is 0 Å². The molecule has 0 atom stereocenters. The average molecular weight is 365 g/mol. The molecular formula is C16H21ClN6O2. The first-order chi connectivity index (χ1) is 12.2. The molecule has 2 aromatic heterocycles. The number of nitrogens with two attached hydrogens (primary N) is 1. The van der Waals surface area contributed by atoms with Crippen LogP contribution < -0.4 is 15.8 Å². The summed E-state index contributed by atoms with van der Waals surface area (Å²) in [5, 5.41) is 4.13. The molecule has 0 aliphatic carbocycles. The Labute approximate surface area is 150 Å². The number of aromatic nitrogens is 3. The monoisotopic (exact) mass is 364 g/mol. The zero-order valence-electron chi connectivity index (χ0n) is 14.0. The summed E-state index contributed by atoms with van der Waals surface area (Å²) in [6, 6.07) is 1.99. The van der Waals surface area contributed by atoms with Crippen LogP contribution in [0.15, 0.2) is 29.2 Å². The van der Waals surface area contributed by atoms with Crippen LogP contribution in [0.1, 0.15) is 19.8 Å². The Morgan fingerprint density at radius 1 is 1.52 bits per heavy atom. The Morgan fingerprint density at radius 2 is 2.32 bits per heavy atom. The molecule has 9 heteroatoms. The van der Waals surface area contributed by atoms with Gasteiger partial charge in [0.05, 0.1) is 23.7 Å². The lowest BCUT2D eigenvalue weighted by Gasteiger charge is -2.19. The number of hydrogen-bond acceptors (Lipinski definition) is 7. The molecule has 1 saturated heterocycles. The highest BCUT2D eigenvalue weighted by Crippen LogP contribution is 2.24. The van der Waals surface area contributed by atoms with Crippen molar-refractivity contribution in [3.63, 3.8) is 0 Å². The Morgan fingerprint density at radius 3 is 3.04 bits per heavy atom. The van der Waals surface area contributed by atoms with Gasteiger partial charge in [0.1, 0.15) is 10.8 Å². The van der Waals surface area contributed by atoms with Crippen LogP contribution >= 0.6 is 11.6 Å². The summed E-state index contributed by atoms with van der Waals surface area (Å²) >= 11 is 6.33. The van der Waals surface area contributed by atoms with Gasteiger partial charge in [0.25, 0.3) is 0 Å². The van der Waals surface area contributed by atoms with E-state index in [1.54, 1.807) is 6.20 Å². The van der Waals surface area contributed by atoms with Gasteiger partial charge in [-0.1, -0.05) is 11.6 Å². The molecule has 0 radical (unpaired) electrons. The van der Waals surface area contributed by atoms with Crippen LogP contribution in [0.4, 0.5) is 5.95 Å². The molecule has 1 aliphatic heterocycles. The molecule has 3 rings (SSSR count). The minimum Gasteiger partial charge on any atom is -0.477 e. The lowest BCUT2D eigenvalue weighted by Crippen LogP contribution is -2.21. The van der Waals surface area contributed by atoms with E-state index in [1.807, 2.05) is 13.0 Å². The quantitative estimate of drug-likeness (QED) is 0.679. The predicted molar refractivity (Wildman–Crippen MR) is 98.1 cm³/mol. The molecule has 0 aromatic carbocycles. The molecule has 134 valence electrons. The number of H-pyrrole nitrogens is 1. The van der Waals surface area contributed by atoms with Crippen molar-refractivity contribution in [1.82, 2.24) is 15.0 Å². The third kappa shape index (κ3) is 4.21. The summed E-state index contributed by atoms with van der Waals surface area (Å²) in [7, 11) is 0. The first-order valence-electron chi connectivity index (χ1n) is 8.19. The summed E-state index contributed by atoms with van der Waals surface area (Å²) in [6.07, 6.45) is 4.82. The number of fused-ring (bicyclic) bond motifs is 1. The second-order valence-corrected chi connectivity index (χ2v) is 5.85. The molecule has 4 N–H and O–H groups in total. The van der Waals surface area contributed by atoms with Gasteiger partial charge in [0.15, 0.2) is 0 Å². The number of aliphatic imine (C=N–C) groups is 1. The fourth-order valence-electron chi connectivity index (χ4n) is 2.54. The van der Waals surface area contributed by atoms with Crippen LogP contribution in [0.5, 0.6) is 5.88 Å².